The monoisotopic (exact) mass is 264 g/mol. The van der Waals surface area contributed by atoms with E-state index in [9.17, 15) is 4.79 Å². The predicted molar refractivity (Wildman–Crippen MR) is 77.0 cm³/mol. The standard InChI is InChI=1S/C15H24N2O2/c1-11(2)12-6-4-7-13(10-12)19-9-5-8-15(3,17)14(16)18/h4,6-7,10-11H,5,8-9,17H2,1-3H3,(H2,16,18). The zero-order valence-corrected chi connectivity index (χ0v) is 12.0. The Morgan fingerprint density at radius 1 is 1.42 bits per heavy atom. The van der Waals surface area contributed by atoms with Crippen LogP contribution in [0.4, 0.5) is 0 Å². The minimum absolute atomic E-state index is 0.477. The summed E-state index contributed by atoms with van der Waals surface area (Å²) in [5.74, 6) is 0.851. The molecule has 0 aliphatic heterocycles. The molecule has 1 atom stereocenters. The predicted octanol–water partition coefficient (Wildman–Crippen LogP) is 2.17. The van der Waals surface area contributed by atoms with Crippen molar-refractivity contribution >= 4 is 5.91 Å². The maximum atomic E-state index is 11.1. The molecule has 0 aliphatic carbocycles. The van der Waals surface area contributed by atoms with Crippen LogP contribution in [0.25, 0.3) is 0 Å². The van der Waals surface area contributed by atoms with E-state index in [1.807, 2.05) is 18.2 Å². The molecule has 0 fully saturated rings. The van der Waals surface area contributed by atoms with Crippen LogP contribution < -0.4 is 16.2 Å². The Balaban J connectivity index is 2.42. The molecule has 4 N–H and O–H groups in total. The number of rotatable bonds is 7. The summed E-state index contributed by atoms with van der Waals surface area (Å²) < 4.78 is 5.66. The lowest BCUT2D eigenvalue weighted by Gasteiger charge is -2.20. The molecule has 1 aromatic rings. The molecule has 4 nitrogen and oxygen atoms in total. The van der Waals surface area contributed by atoms with E-state index in [0.717, 1.165) is 5.75 Å². The molecule has 0 spiro atoms. The average Bonchev–Trinajstić information content (AvgIpc) is 2.35. The van der Waals surface area contributed by atoms with Crippen molar-refractivity contribution in [1.82, 2.24) is 0 Å². The van der Waals surface area contributed by atoms with Crippen molar-refractivity contribution in [3.8, 4) is 5.75 Å². The quantitative estimate of drug-likeness (QED) is 0.741. The fourth-order valence-corrected chi connectivity index (χ4v) is 1.72. The molecule has 0 radical (unpaired) electrons. The first-order chi connectivity index (χ1) is 8.83. The Hall–Kier alpha value is -1.55. The normalized spacial score (nSPS) is 14.2. The van der Waals surface area contributed by atoms with Crippen LogP contribution in [-0.2, 0) is 4.79 Å². The smallest absolute Gasteiger partial charge is 0.237 e. The second-order valence-corrected chi connectivity index (χ2v) is 5.46. The van der Waals surface area contributed by atoms with Gasteiger partial charge in [0.15, 0.2) is 0 Å². The first kappa shape index (κ1) is 15.5. The largest absolute Gasteiger partial charge is 0.494 e. The van der Waals surface area contributed by atoms with E-state index in [1.54, 1.807) is 6.92 Å². The molecule has 1 rings (SSSR count). The molecule has 4 heteroatoms. The lowest BCUT2D eigenvalue weighted by atomic mass is 9.97. The number of hydrogen-bond donors (Lipinski definition) is 2. The van der Waals surface area contributed by atoms with Crippen LogP contribution in [0.1, 0.15) is 45.1 Å². The van der Waals surface area contributed by atoms with Crippen molar-refractivity contribution in [2.24, 2.45) is 11.5 Å². The van der Waals surface area contributed by atoms with Crippen LogP contribution in [0, 0.1) is 0 Å². The van der Waals surface area contributed by atoms with Gasteiger partial charge in [0, 0.05) is 0 Å². The van der Waals surface area contributed by atoms with E-state index in [1.165, 1.54) is 5.56 Å². The summed E-state index contributed by atoms with van der Waals surface area (Å²) in [4.78, 5) is 11.1. The van der Waals surface area contributed by atoms with Gasteiger partial charge >= 0.3 is 0 Å². The first-order valence-electron chi connectivity index (χ1n) is 6.64. The molecular formula is C15H24N2O2. The minimum atomic E-state index is -0.955. The third-order valence-corrected chi connectivity index (χ3v) is 3.20. The molecule has 0 bridgehead atoms. The zero-order chi connectivity index (χ0) is 14.5. The van der Waals surface area contributed by atoms with Crippen LogP contribution in [0.2, 0.25) is 0 Å². The summed E-state index contributed by atoms with van der Waals surface area (Å²) in [6, 6.07) is 8.05. The molecule has 0 aromatic heterocycles. The van der Waals surface area contributed by atoms with Crippen LogP contribution in [0.5, 0.6) is 5.75 Å². The van der Waals surface area contributed by atoms with E-state index in [-0.39, 0.29) is 0 Å². The number of hydrogen-bond acceptors (Lipinski definition) is 3. The molecular weight excluding hydrogens is 240 g/mol. The number of carbonyl (C=O) groups is 1. The Morgan fingerprint density at radius 2 is 2.11 bits per heavy atom. The van der Waals surface area contributed by atoms with Gasteiger partial charge in [0.1, 0.15) is 5.75 Å². The first-order valence-corrected chi connectivity index (χ1v) is 6.64. The highest BCUT2D eigenvalue weighted by atomic mass is 16.5. The Kier molecular flexibility index (Phi) is 5.36. The van der Waals surface area contributed by atoms with Gasteiger partial charge in [0.05, 0.1) is 12.1 Å². The molecule has 0 saturated carbocycles. The van der Waals surface area contributed by atoms with Gasteiger partial charge in [-0.05, 0) is 43.4 Å². The number of amides is 1. The number of ether oxygens (including phenoxy) is 1. The Bertz CT molecular complexity index is 428. The SMILES string of the molecule is CC(C)c1cccc(OCCCC(C)(N)C(N)=O)c1. The molecule has 106 valence electrons. The van der Waals surface area contributed by atoms with Crippen molar-refractivity contribution < 1.29 is 9.53 Å². The van der Waals surface area contributed by atoms with Gasteiger partial charge in [-0.2, -0.15) is 0 Å². The minimum Gasteiger partial charge on any atom is -0.494 e. The maximum Gasteiger partial charge on any atom is 0.237 e. The molecule has 19 heavy (non-hydrogen) atoms. The van der Waals surface area contributed by atoms with Crippen LogP contribution in [0.15, 0.2) is 24.3 Å². The van der Waals surface area contributed by atoms with Crippen molar-refractivity contribution in [3.05, 3.63) is 29.8 Å². The molecule has 1 amide bonds. The highest BCUT2D eigenvalue weighted by molar-refractivity contribution is 5.83. The maximum absolute atomic E-state index is 11.1. The van der Waals surface area contributed by atoms with E-state index < -0.39 is 11.4 Å². The van der Waals surface area contributed by atoms with E-state index in [0.29, 0.717) is 25.4 Å². The summed E-state index contributed by atoms with van der Waals surface area (Å²) in [5, 5.41) is 0. The number of benzene rings is 1. The third-order valence-electron chi connectivity index (χ3n) is 3.20. The van der Waals surface area contributed by atoms with Crippen molar-refractivity contribution in [1.29, 1.82) is 0 Å². The van der Waals surface area contributed by atoms with Crippen LogP contribution in [-0.4, -0.2) is 18.1 Å². The fourth-order valence-electron chi connectivity index (χ4n) is 1.72. The molecule has 1 aromatic carbocycles. The summed E-state index contributed by atoms with van der Waals surface area (Å²) in [6.45, 7) is 6.47. The summed E-state index contributed by atoms with van der Waals surface area (Å²) >= 11 is 0. The third kappa shape index (κ3) is 4.91. The average molecular weight is 264 g/mol. The van der Waals surface area contributed by atoms with Gasteiger partial charge in [-0.25, -0.2) is 0 Å². The Morgan fingerprint density at radius 3 is 2.68 bits per heavy atom. The van der Waals surface area contributed by atoms with E-state index >= 15 is 0 Å². The van der Waals surface area contributed by atoms with Crippen molar-refractivity contribution in [3.63, 3.8) is 0 Å². The lowest BCUT2D eigenvalue weighted by molar-refractivity contribution is -0.122. The van der Waals surface area contributed by atoms with Gasteiger partial charge in [-0.3, -0.25) is 4.79 Å². The second-order valence-electron chi connectivity index (χ2n) is 5.46. The second kappa shape index (κ2) is 6.57. The molecule has 0 aliphatic rings. The van der Waals surface area contributed by atoms with Crippen molar-refractivity contribution in [2.45, 2.75) is 45.1 Å². The number of carbonyl (C=O) groups excluding carboxylic acids is 1. The van der Waals surface area contributed by atoms with Gasteiger partial charge < -0.3 is 16.2 Å². The molecule has 1 unspecified atom stereocenters. The van der Waals surface area contributed by atoms with Crippen LogP contribution in [0.3, 0.4) is 0 Å². The van der Waals surface area contributed by atoms with E-state index in [4.69, 9.17) is 16.2 Å². The zero-order valence-electron chi connectivity index (χ0n) is 12.0. The highest BCUT2D eigenvalue weighted by Gasteiger charge is 2.24. The number of nitrogens with two attached hydrogens (primary N) is 2. The van der Waals surface area contributed by atoms with E-state index in [2.05, 4.69) is 19.9 Å². The topological polar surface area (TPSA) is 78.3 Å². The Labute approximate surface area is 115 Å². The van der Waals surface area contributed by atoms with Crippen molar-refractivity contribution in [2.75, 3.05) is 6.61 Å². The highest BCUT2D eigenvalue weighted by Crippen LogP contribution is 2.20. The summed E-state index contributed by atoms with van der Waals surface area (Å²) in [5.41, 5.74) is 11.3. The molecule has 0 heterocycles. The summed E-state index contributed by atoms with van der Waals surface area (Å²) in [6.07, 6.45) is 1.22. The molecule has 0 saturated heterocycles. The van der Waals surface area contributed by atoms with Gasteiger partial charge in [-0.1, -0.05) is 26.0 Å². The number of primary amides is 1. The van der Waals surface area contributed by atoms with Gasteiger partial charge in [-0.15, -0.1) is 0 Å². The van der Waals surface area contributed by atoms with Crippen LogP contribution >= 0.6 is 0 Å². The van der Waals surface area contributed by atoms with Gasteiger partial charge in [0.25, 0.3) is 0 Å². The summed E-state index contributed by atoms with van der Waals surface area (Å²) in [7, 11) is 0. The fraction of sp³-hybridized carbons (Fsp3) is 0.533. The lowest BCUT2D eigenvalue weighted by Crippen LogP contribution is -2.49. The van der Waals surface area contributed by atoms with Gasteiger partial charge in [0.2, 0.25) is 5.91 Å².